The van der Waals surface area contributed by atoms with Crippen LogP contribution in [-0.2, 0) is 4.74 Å². The fraction of sp³-hybridized carbons (Fsp3) is 0.714. The minimum atomic E-state index is 0.119. The van der Waals surface area contributed by atoms with Gasteiger partial charge in [-0.25, -0.2) is 0 Å². The molecular formula is C7H11NO. The van der Waals surface area contributed by atoms with E-state index in [0.717, 1.165) is 6.61 Å². The average molecular weight is 125 g/mol. The lowest BCUT2D eigenvalue weighted by atomic mass is 10.2. The second kappa shape index (κ2) is 2.86. The molecule has 0 aromatic carbocycles. The Labute approximate surface area is 55.6 Å². The zero-order chi connectivity index (χ0) is 6.69. The van der Waals surface area contributed by atoms with Crippen LogP contribution in [0.1, 0.15) is 6.92 Å². The summed E-state index contributed by atoms with van der Waals surface area (Å²) in [5.74, 6) is 2.60. The van der Waals surface area contributed by atoms with E-state index in [-0.39, 0.29) is 6.04 Å². The van der Waals surface area contributed by atoms with Crippen molar-refractivity contribution in [3.05, 3.63) is 0 Å². The van der Waals surface area contributed by atoms with Crippen molar-refractivity contribution in [3.8, 4) is 12.3 Å². The van der Waals surface area contributed by atoms with Crippen LogP contribution in [0.5, 0.6) is 0 Å². The summed E-state index contributed by atoms with van der Waals surface area (Å²) in [5, 5.41) is 3.20. The molecule has 50 valence electrons. The third-order valence-corrected chi connectivity index (χ3v) is 1.34. The van der Waals surface area contributed by atoms with Gasteiger partial charge in [-0.05, 0) is 6.92 Å². The van der Waals surface area contributed by atoms with Gasteiger partial charge in [0.2, 0.25) is 0 Å². The van der Waals surface area contributed by atoms with E-state index in [1.54, 1.807) is 0 Å². The normalized spacial score (nSPS) is 35.6. The Balaban J connectivity index is 2.34. The average Bonchev–Trinajstić information content (AvgIpc) is 1.88. The van der Waals surface area contributed by atoms with Gasteiger partial charge in [0.1, 0.15) is 0 Å². The second-order valence-electron chi connectivity index (χ2n) is 2.32. The molecule has 0 unspecified atom stereocenters. The van der Waals surface area contributed by atoms with Crippen molar-refractivity contribution < 1.29 is 4.74 Å². The van der Waals surface area contributed by atoms with Crippen molar-refractivity contribution in [1.29, 1.82) is 0 Å². The largest absolute Gasteiger partial charge is 0.377 e. The molecule has 1 N–H and O–H groups in total. The van der Waals surface area contributed by atoms with Gasteiger partial charge >= 0.3 is 0 Å². The maximum Gasteiger partial charge on any atom is 0.0926 e. The smallest absolute Gasteiger partial charge is 0.0926 e. The molecule has 1 saturated heterocycles. The predicted octanol–water partition coefficient (Wildman–Crippen LogP) is -0.00350. The van der Waals surface area contributed by atoms with Crippen LogP contribution in [-0.4, -0.2) is 25.3 Å². The molecule has 1 fully saturated rings. The minimum absolute atomic E-state index is 0.119. The lowest BCUT2D eigenvalue weighted by molar-refractivity contribution is 0.0659. The molecule has 0 bridgehead atoms. The zero-order valence-electron chi connectivity index (χ0n) is 5.55. The summed E-state index contributed by atoms with van der Waals surface area (Å²) in [6, 6.07) is 0.522. The first kappa shape index (κ1) is 6.60. The number of rotatable bonds is 0. The summed E-state index contributed by atoms with van der Waals surface area (Å²) in [7, 11) is 0. The summed E-state index contributed by atoms with van der Waals surface area (Å²) in [5.41, 5.74) is 0. The number of terminal acetylenes is 1. The highest BCUT2D eigenvalue weighted by molar-refractivity contribution is 5.00. The van der Waals surface area contributed by atoms with E-state index in [4.69, 9.17) is 11.2 Å². The van der Waals surface area contributed by atoms with E-state index in [1.165, 1.54) is 0 Å². The Kier molecular flexibility index (Phi) is 2.10. The van der Waals surface area contributed by atoms with Crippen LogP contribution in [0.4, 0.5) is 0 Å². The molecule has 0 amide bonds. The molecule has 1 rings (SSSR count). The predicted molar refractivity (Wildman–Crippen MR) is 36.0 cm³/mol. The van der Waals surface area contributed by atoms with E-state index < -0.39 is 0 Å². The number of hydrogen-bond acceptors (Lipinski definition) is 2. The van der Waals surface area contributed by atoms with Crippen molar-refractivity contribution in [2.45, 2.75) is 19.0 Å². The Morgan fingerprint density at radius 3 is 2.89 bits per heavy atom. The molecule has 2 nitrogen and oxygen atoms in total. The lowest BCUT2D eigenvalue weighted by Gasteiger charge is -2.25. The van der Waals surface area contributed by atoms with Gasteiger partial charge in [-0.3, -0.25) is 5.32 Å². The number of morpholine rings is 1. The zero-order valence-corrected chi connectivity index (χ0v) is 5.55. The van der Waals surface area contributed by atoms with E-state index in [0.29, 0.717) is 12.6 Å². The first-order valence-electron chi connectivity index (χ1n) is 3.13. The molecule has 2 heteroatoms. The second-order valence-corrected chi connectivity index (χ2v) is 2.32. The van der Waals surface area contributed by atoms with Gasteiger partial charge in [0.05, 0.1) is 19.3 Å². The number of hydrogen-bond donors (Lipinski definition) is 1. The quantitative estimate of drug-likeness (QED) is 0.460. The Morgan fingerprint density at radius 1 is 1.67 bits per heavy atom. The van der Waals surface area contributed by atoms with Crippen molar-refractivity contribution in [3.63, 3.8) is 0 Å². The lowest BCUT2D eigenvalue weighted by Crippen LogP contribution is -2.46. The van der Waals surface area contributed by atoms with Gasteiger partial charge < -0.3 is 4.74 Å². The monoisotopic (exact) mass is 125 g/mol. The third-order valence-electron chi connectivity index (χ3n) is 1.34. The fourth-order valence-electron chi connectivity index (χ4n) is 0.899. The SMILES string of the molecule is C#C[C@H]1COC[C@@H](C)N1. The van der Waals surface area contributed by atoms with E-state index in [1.807, 2.05) is 0 Å². The molecule has 0 aromatic heterocycles. The van der Waals surface area contributed by atoms with Crippen LogP contribution in [0.25, 0.3) is 0 Å². The molecular weight excluding hydrogens is 114 g/mol. The molecule has 0 radical (unpaired) electrons. The molecule has 1 aliphatic rings. The van der Waals surface area contributed by atoms with Gasteiger partial charge in [0.15, 0.2) is 0 Å². The molecule has 2 atom stereocenters. The summed E-state index contributed by atoms with van der Waals surface area (Å²) in [6.45, 7) is 3.49. The van der Waals surface area contributed by atoms with Gasteiger partial charge in [-0.2, -0.15) is 0 Å². The van der Waals surface area contributed by atoms with Crippen LogP contribution in [0, 0.1) is 12.3 Å². The highest BCUT2D eigenvalue weighted by Crippen LogP contribution is 1.96. The summed E-state index contributed by atoms with van der Waals surface area (Å²) < 4.78 is 5.18. The van der Waals surface area contributed by atoms with Gasteiger partial charge in [0, 0.05) is 6.04 Å². The highest BCUT2D eigenvalue weighted by Gasteiger charge is 2.14. The van der Waals surface area contributed by atoms with Crippen molar-refractivity contribution in [2.75, 3.05) is 13.2 Å². The Morgan fingerprint density at radius 2 is 2.44 bits per heavy atom. The topological polar surface area (TPSA) is 21.3 Å². The van der Waals surface area contributed by atoms with Crippen LogP contribution in [0.2, 0.25) is 0 Å². The fourth-order valence-corrected chi connectivity index (χ4v) is 0.899. The van der Waals surface area contributed by atoms with Crippen LogP contribution in [0.15, 0.2) is 0 Å². The number of nitrogens with one attached hydrogen (secondary N) is 1. The Bertz CT molecular complexity index is 127. The molecule has 0 spiro atoms. The van der Waals surface area contributed by atoms with E-state index in [9.17, 15) is 0 Å². The van der Waals surface area contributed by atoms with Crippen LogP contribution in [0.3, 0.4) is 0 Å². The Hall–Kier alpha value is -0.520. The minimum Gasteiger partial charge on any atom is -0.377 e. The molecule has 9 heavy (non-hydrogen) atoms. The molecule has 0 aliphatic carbocycles. The van der Waals surface area contributed by atoms with E-state index >= 15 is 0 Å². The van der Waals surface area contributed by atoms with Gasteiger partial charge in [-0.1, -0.05) is 5.92 Å². The summed E-state index contributed by atoms with van der Waals surface area (Å²) in [6.07, 6.45) is 5.17. The number of ether oxygens (including phenoxy) is 1. The van der Waals surface area contributed by atoms with Crippen molar-refractivity contribution >= 4 is 0 Å². The summed E-state index contributed by atoms with van der Waals surface area (Å²) >= 11 is 0. The van der Waals surface area contributed by atoms with Gasteiger partial charge in [0.25, 0.3) is 0 Å². The molecule has 1 aliphatic heterocycles. The molecule has 1 heterocycles. The first-order valence-corrected chi connectivity index (χ1v) is 3.13. The molecule has 0 aromatic rings. The van der Waals surface area contributed by atoms with Crippen molar-refractivity contribution in [2.24, 2.45) is 0 Å². The van der Waals surface area contributed by atoms with E-state index in [2.05, 4.69) is 18.2 Å². The van der Waals surface area contributed by atoms with Gasteiger partial charge in [-0.15, -0.1) is 6.42 Å². The first-order chi connectivity index (χ1) is 4.33. The third kappa shape index (κ3) is 1.70. The standard InChI is InChI=1S/C7H11NO/c1-3-7-5-9-4-6(2)8-7/h1,6-8H,4-5H2,2H3/t6-,7+/m1/s1. The highest BCUT2D eigenvalue weighted by atomic mass is 16.5. The van der Waals surface area contributed by atoms with Crippen LogP contribution >= 0.6 is 0 Å². The summed E-state index contributed by atoms with van der Waals surface area (Å²) in [4.78, 5) is 0. The maximum atomic E-state index is 5.18. The molecule has 0 saturated carbocycles. The van der Waals surface area contributed by atoms with Crippen molar-refractivity contribution in [1.82, 2.24) is 5.32 Å². The van der Waals surface area contributed by atoms with Crippen LogP contribution < -0.4 is 5.32 Å². The maximum absolute atomic E-state index is 5.18.